The number of benzene rings is 1. The van der Waals surface area contributed by atoms with Gasteiger partial charge in [0, 0.05) is 24.3 Å². The molecule has 2 unspecified atom stereocenters. The van der Waals surface area contributed by atoms with Gasteiger partial charge in [0.1, 0.15) is 18.4 Å². The maximum Gasteiger partial charge on any atom is 0.325 e. The van der Waals surface area contributed by atoms with Crippen molar-refractivity contribution in [3.63, 3.8) is 0 Å². The molecule has 2 fully saturated rings. The first kappa shape index (κ1) is 25.4. The molecule has 190 valence electrons. The molecule has 4 N–H and O–H groups in total. The number of aliphatic hydroxyl groups is 2. The van der Waals surface area contributed by atoms with Crippen molar-refractivity contribution in [2.75, 3.05) is 19.8 Å². The molecule has 0 spiro atoms. The van der Waals surface area contributed by atoms with Gasteiger partial charge in [-0.2, -0.15) is 0 Å². The van der Waals surface area contributed by atoms with Crippen molar-refractivity contribution in [2.45, 2.75) is 63.4 Å². The molecule has 5 atom stereocenters. The number of hydrogen-bond donors (Lipinski definition) is 4. The number of carbonyl (C=O) groups excluding carboxylic acids is 4. The molecule has 1 aromatic rings. The Balaban J connectivity index is 1.21. The SMILES string of the molecule is CC1CN([C@@H]2N[C@H](CO)C(O)[C@@H]2OCCCCCCC2C(=O)c3ccccc3C2=O)C(=O)NC1=O. The summed E-state index contributed by atoms with van der Waals surface area (Å²) in [6, 6.07) is 5.77. The summed E-state index contributed by atoms with van der Waals surface area (Å²) in [5, 5.41) is 25.5. The van der Waals surface area contributed by atoms with Gasteiger partial charge in [0.25, 0.3) is 0 Å². The topological polar surface area (TPSA) is 145 Å². The number of carbonyl (C=O) groups is 4. The first-order valence-electron chi connectivity index (χ1n) is 12.3. The van der Waals surface area contributed by atoms with Gasteiger partial charge in [0.2, 0.25) is 5.91 Å². The van der Waals surface area contributed by atoms with Crippen LogP contribution in [-0.4, -0.2) is 82.8 Å². The highest BCUT2D eigenvalue weighted by molar-refractivity contribution is 6.26. The molecule has 1 aromatic carbocycles. The lowest BCUT2D eigenvalue weighted by Crippen LogP contribution is -2.62. The molecule has 10 heteroatoms. The number of nitrogens with zero attached hydrogens (tertiary/aromatic N) is 1. The number of ketones is 2. The third-order valence-electron chi connectivity index (χ3n) is 7.17. The van der Waals surface area contributed by atoms with Gasteiger partial charge in [-0.1, -0.05) is 50.5 Å². The average molecular weight is 488 g/mol. The maximum atomic E-state index is 12.5. The fourth-order valence-electron chi connectivity index (χ4n) is 5.14. The van der Waals surface area contributed by atoms with Crippen LogP contribution in [-0.2, 0) is 9.53 Å². The van der Waals surface area contributed by atoms with Crippen LogP contribution in [0.3, 0.4) is 0 Å². The molecule has 0 radical (unpaired) electrons. The van der Waals surface area contributed by atoms with Crippen LogP contribution in [0.15, 0.2) is 24.3 Å². The quantitative estimate of drug-likeness (QED) is 0.281. The molecular formula is C25H33N3O7. The molecule has 2 saturated heterocycles. The Bertz CT molecular complexity index is 949. The maximum absolute atomic E-state index is 12.5. The third kappa shape index (κ3) is 5.16. The van der Waals surface area contributed by atoms with E-state index in [-0.39, 0.29) is 30.6 Å². The molecular weight excluding hydrogens is 454 g/mol. The highest BCUT2D eigenvalue weighted by atomic mass is 16.5. The number of rotatable bonds is 10. The molecule has 2 aliphatic heterocycles. The van der Waals surface area contributed by atoms with E-state index in [1.807, 2.05) is 0 Å². The molecule has 3 amide bonds. The van der Waals surface area contributed by atoms with Gasteiger partial charge in [0.15, 0.2) is 11.6 Å². The summed E-state index contributed by atoms with van der Waals surface area (Å²) in [5.74, 6) is -1.49. The number of hydrogen-bond acceptors (Lipinski definition) is 8. The summed E-state index contributed by atoms with van der Waals surface area (Å²) in [5.41, 5.74) is 1.05. The zero-order valence-electron chi connectivity index (χ0n) is 19.8. The molecule has 10 nitrogen and oxygen atoms in total. The van der Waals surface area contributed by atoms with E-state index >= 15 is 0 Å². The van der Waals surface area contributed by atoms with E-state index in [0.717, 1.165) is 19.3 Å². The highest BCUT2D eigenvalue weighted by Gasteiger charge is 2.48. The second-order valence-electron chi connectivity index (χ2n) is 9.60. The molecule has 4 rings (SSSR count). The molecule has 1 aliphatic carbocycles. The standard InChI is InChI=1S/C25H33N3O7/c1-14-12-28(25(34)27-24(14)33)23-22(21(32)18(13-29)26-23)35-11-7-3-2-4-10-17-19(30)15-8-5-6-9-16(15)20(17)31/h5-6,8-9,14,17-18,21-23,26,29,32H,2-4,7,10-13H2,1H3,(H,27,33,34)/t14?,18-,21?,22+,23+/m1/s1. The average Bonchev–Trinajstić information content (AvgIpc) is 3.29. The highest BCUT2D eigenvalue weighted by Crippen LogP contribution is 2.30. The number of nitrogens with one attached hydrogen (secondary N) is 2. The van der Waals surface area contributed by atoms with Crippen molar-refractivity contribution >= 4 is 23.5 Å². The molecule has 0 aromatic heterocycles. The lowest BCUT2D eigenvalue weighted by atomic mass is 9.96. The number of imide groups is 1. The summed E-state index contributed by atoms with van der Waals surface area (Å²) in [6.45, 7) is 1.93. The number of ether oxygens (including phenoxy) is 1. The van der Waals surface area contributed by atoms with Gasteiger partial charge < -0.3 is 19.8 Å². The van der Waals surface area contributed by atoms with Gasteiger partial charge in [-0.25, -0.2) is 4.79 Å². The largest absolute Gasteiger partial charge is 0.395 e. The number of urea groups is 1. The van der Waals surface area contributed by atoms with E-state index in [0.29, 0.717) is 30.6 Å². The molecule has 3 aliphatic rings. The van der Waals surface area contributed by atoms with E-state index < -0.39 is 42.3 Å². The first-order valence-corrected chi connectivity index (χ1v) is 12.3. The van der Waals surface area contributed by atoms with Crippen molar-refractivity contribution in [2.24, 2.45) is 11.8 Å². The minimum atomic E-state index is -1.01. The Labute approximate surface area is 204 Å². The van der Waals surface area contributed by atoms with E-state index in [9.17, 15) is 29.4 Å². The predicted molar refractivity (Wildman–Crippen MR) is 125 cm³/mol. The number of unbranched alkanes of at least 4 members (excludes halogenated alkanes) is 3. The Morgan fingerprint density at radius 2 is 1.69 bits per heavy atom. The van der Waals surface area contributed by atoms with Crippen molar-refractivity contribution in [3.8, 4) is 0 Å². The van der Waals surface area contributed by atoms with E-state index in [4.69, 9.17) is 4.74 Å². The van der Waals surface area contributed by atoms with Crippen LogP contribution in [0.5, 0.6) is 0 Å². The minimum Gasteiger partial charge on any atom is -0.395 e. The van der Waals surface area contributed by atoms with Gasteiger partial charge in [0.05, 0.1) is 24.5 Å². The fourth-order valence-corrected chi connectivity index (χ4v) is 5.14. The van der Waals surface area contributed by atoms with Gasteiger partial charge in [-0.15, -0.1) is 0 Å². The number of fused-ring (bicyclic) bond motifs is 1. The normalized spacial score (nSPS) is 29.1. The number of aliphatic hydroxyl groups excluding tert-OH is 2. The molecule has 35 heavy (non-hydrogen) atoms. The zero-order valence-corrected chi connectivity index (χ0v) is 19.8. The van der Waals surface area contributed by atoms with Crippen LogP contribution in [0.4, 0.5) is 4.79 Å². The van der Waals surface area contributed by atoms with E-state index in [1.54, 1.807) is 31.2 Å². The zero-order chi connectivity index (χ0) is 25.1. The van der Waals surface area contributed by atoms with Crippen molar-refractivity contribution in [1.82, 2.24) is 15.5 Å². The monoisotopic (exact) mass is 487 g/mol. The summed E-state index contributed by atoms with van der Waals surface area (Å²) in [6.07, 6.45) is 1.21. The van der Waals surface area contributed by atoms with Crippen LogP contribution in [0.1, 0.15) is 59.7 Å². The summed E-state index contributed by atoms with van der Waals surface area (Å²) in [4.78, 5) is 50.5. The third-order valence-corrected chi connectivity index (χ3v) is 7.17. The smallest absolute Gasteiger partial charge is 0.325 e. The van der Waals surface area contributed by atoms with Crippen LogP contribution >= 0.6 is 0 Å². The van der Waals surface area contributed by atoms with Crippen molar-refractivity contribution in [1.29, 1.82) is 0 Å². The Morgan fingerprint density at radius 3 is 2.34 bits per heavy atom. The molecule has 2 heterocycles. The second-order valence-corrected chi connectivity index (χ2v) is 9.60. The molecule has 0 bridgehead atoms. The van der Waals surface area contributed by atoms with Crippen molar-refractivity contribution in [3.05, 3.63) is 35.4 Å². The first-order chi connectivity index (χ1) is 16.8. The Kier molecular flexibility index (Phi) is 7.95. The second kappa shape index (κ2) is 10.9. The van der Waals surface area contributed by atoms with Crippen LogP contribution in [0.2, 0.25) is 0 Å². The van der Waals surface area contributed by atoms with E-state index in [2.05, 4.69) is 10.6 Å². The van der Waals surface area contributed by atoms with Crippen LogP contribution < -0.4 is 10.6 Å². The van der Waals surface area contributed by atoms with Crippen molar-refractivity contribution < 1.29 is 34.1 Å². The van der Waals surface area contributed by atoms with Crippen LogP contribution in [0.25, 0.3) is 0 Å². The predicted octanol–water partition coefficient (Wildman–Crippen LogP) is 0.857. The lowest BCUT2D eigenvalue weighted by molar-refractivity contribution is -0.126. The summed E-state index contributed by atoms with van der Waals surface area (Å²) < 4.78 is 5.94. The molecule has 0 saturated carbocycles. The number of amides is 3. The summed E-state index contributed by atoms with van der Waals surface area (Å²) in [7, 11) is 0. The summed E-state index contributed by atoms with van der Waals surface area (Å²) >= 11 is 0. The van der Waals surface area contributed by atoms with Gasteiger partial charge in [-0.3, -0.25) is 25.0 Å². The van der Waals surface area contributed by atoms with Gasteiger partial charge >= 0.3 is 6.03 Å². The van der Waals surface area contributed by atoms with E-state index in [1.165, 1.54) is 4.90 Å². The minimum absolute atomic E-state index is 0.0844. The Morgan fingerprint density at radius 1 is 1.03 bits per heavy atom. The Hall–Kier alpha value is -2.66. The number of Topliss-reactive ketones (excluding diaryl/α,β-unsaturated/α-hetero) is 2. The fraction of sp³-hybridized carbons (Fsp3) is 0.600. The van der Waals surface area contributed by atoms with Crippen LogP contribution in [0, 0.1) is 11.8 Å². The van der Waals surface area contributed by atoms with Gasteiger partial charge in [-0.05, 0) is 12.8 Å². The lowest BCUT2D eigenvalue weighted by Gasteiger charge is -2.37.